The molecule has 1 aliphatic rings. The molecule has 0 aliphatic carbocycles. The fourth-order valence-electron chi connectivity index (χ4n) is 4.22. The van der Waals surface area contributed by atoms with Gasteiger partial charge in [-0.1, -0.05) is 54.7 Å². The lowest BCUT2D eigenvalue weighted by molar-refractivity contribution is -0.119. The number of sulfonamides is 1. The molecule has 0 spiro atoms. The SMILES string of the molecule is CCC1CCCCN1CCCNC(=O)CN(c1ccc(Cl)cc1Cl)S(=O)(=O)c1ccccc1. The van der Waals surface area contributed by atoms with Gasteiger partial charge < -0.3 is 10.2 Å². The molecule has 180 valence electrons. The van der Waals surface area contributed by atoms with E-state index >= 15 is 0 Å². The number of rotatable bonds is 10. The van der Waals surface area contributed by atoms with Crippen LogP contribution in [0.5, 0.6) is 0 Å². The van der Waals surface area contributed by atoms with Crippen LogP contribution in [0.2, 0.25) is 10.0 Å². The highest BCUT2D eigenvalue weighted by molar-refractivity contribution is 7.92. The molecule has 2 aromatic carbocycles. The van der Waals surface area contributed by atoms with Gasteiger partial charge in [-0.3, -0.25) is 9.10 Å². The monoisotopic (exact) mass is 511 g/mol. The number of likely N-dealkylation sites (tertiary alicyclic amines) is 1. The molecule has 9 heteroatoms. The Morgan fingerprint density at radius 3 is 2.61 bits per heavy atom. The topological polar surface area (TPSA) is 69.7 Å². The zero-order valence-corrected chi connectivity index (χ0v) is 21.2. The quantitative estimate of drug-likeness (QED) is 0.457. The summed E-state index contributed by atoms with van der Waals surface area (Å²) >= 11 is 12.3. The Balaban J connectivity index is 1.68. The first-order valence-corrected chi connectivity index (χ1v) is 13.6. The number of amides is 1. The van der Waals surface area contributed by atoms with Crippen molar-refractivity contribution in [1.29, 1.82) is 0 Å². The van der Waals surface area contributed by atoms with Crippen LogP contribution in [0.25, 0.3) is 0 Å². The van der Waals surface area contributed by atoms with Crippen molar-refractivity contribution in [1.82, 2.24) is 10.2 Å². The van der Waals surface area contributed by atoms with E-state index in [1.807, 2.05) is 0 Å². The summed E-state index contributed by atoms with van der Waals surface area (Å²) in [5, 5.41) is 3.41. The first-order chi connectivity index (χ1) is 15.8. The van der Waals surface area contributed by atoms with E-state index in [4.69, 9.17) is 23.2 Å². The second-order valence-electron chi connectivity index (χ2n) is 8.22. The van der Waals surface area contributed by atoms with Crippen LogP contribution in [0.4, 0.5) is 5.69 Å². The summed E-state index contributed by atoms with van der Waals surface area (Å²) in [7, 11) is -4.01. The Bertz CT molecular complexity index is 1030. The summed E-state index contributed by atoms with van der Waals surface area (Å²) in [6.07, 6.45) is 5.69. The van der Waals surface area contributed by atoms with E-state index in [-0.39, 0.29) is 28.1 Å². The number of hydrogen-bond acceptors (Lipinski definition) is 4. The molecule has 1 aliphatic heterocycles. The molecular weight excluding hydrogens is 481 g/mol. The molecule has 1 N–H and O–H groups in total. The van der Waals surface area contributed by atoms with Gasteiger partial charge in [0.25, 0.3) is 10.0 Å². The largest absolute Gasteiger partial charge is 0.354 e. The molecule has 1 fully saturated rings. The number of hydrogen-bond donors (Lipinski definition) is 1. The number of carbonyl (C=O) groups excluding carboxylic acids is 1. The standard InChI is InChI=1S/C24H31Cl2N3O3S/c1-2-20-9-6-7-15-28(20)16-8-14-27-24(30)18-29(23-13-12-19(25)17-22(23)26)33(31,32)21-10-4-3-5-11-21/h3-5,10-13,17,20H,2,6-9,14-16,18H2,1H3,(H,27,30). The lowest BCUT2D eigenvalue weighted by atomic mass is 10.00. The molecule has 0 radical (unpaired) electrons. The average molecular weight is 513 g/mol. The minimum atomic E-state index is -4.01. The molecular formula is C24H31Cl2N3O3S. The first kappa shape index (κ1) is 25.8. The van der Waals surface area contributed by atoms with Crippen molar-refractivity contribution in [3.63, 3.8) is 0 Å². The highest BCUT2D eigenvalue weighted by Crippen LogP contribution is 2.32. The number of nitrogens with zero attached hydrogens (tertiary/aromatic N) is 2. The van der Waals surface area contributed by atoms with Crippen molar-refractivity contribution in [2.75, 3.05) is 30.5 Å². The van der Waals surface area contributed by atoms with Gasteiger partial charge in [0.2, 0.25) is 5.91 Å². The molecule has 6 nitrogen and oxygen atoms in total. The zero-order chi connectivity index (χ0) is 23.8. The summed E-state index contributed by atoms with van der Waals surface area (Å²) in [6, 6.07) is 13.1. The Kier molecular flexibility index (Phi) is 9.44. The van der Waals surface area contributed by atoms with E-state index in [0.29, 0.717) is 17.6 Å². The van der Waals surface area contributed by atoms with E-state index in [2.05, 4.69) is 17.1 Å². The number of nitrogens with one attached hydrogen (secondary N) is 1. The van der Waals surface area contributed by atoms with Crippen LogP contribution in [-0.4, -0.2) is 51.4 Å². The van der Waals surface area contributed by atoms with E-state index in [1.165, 1.54) is 43.5 Å². The van der Waals surface area contributed by atoms with Crippen molar-refractivity contribution in [2.45, 2.75) is 50.0 Å². The molecule has 1 amide bonds. The van der Waals surface area contributed by atoms with Gasteiger partial charge in [0.1, 0.15) is 6.54 Å². The van der Waals surface area contributed by atoms with E-state index in [0.717, 1.165) is 30.2 Å². The Morgan fingerprint density at radius 1 is 1.15 bits per heavy atom. The fraction of sp³-hybridized carbons (Fsp3) is 0.458. The van der Waals surface area contributed by atoms with Gasteiger partial charge in [0, 0.05) is 24.2 Å². The van der Waals surface area contributed by atoms with Crippen molar-refractivity contribution in [3.05, 3.63) is 58.6 Å². The molecule has 1 atom stereocenters. The van der Waals surface area contributed by atoms with Gasteiger partial charge in [-0.05, 0) is 62.6 Å². The minimum absolute atomic E-state index is 0.0829. The summed E-state index contributed by atoms with van der Waals surface area (Å²) in [5.74, 6) is -0.383. The molecule has 1 heterocycles. The summed E-state index contributed by atoms with van der Waals surface area (Å²) < 4.78 is 27.8. The molecule has 2 aromatic rings. The van der Waals surface area contributed by atoms with E-state index in [9.17, 15) is 13.2 Å². The van der Waals surface area contributed by atoms with Gasteiger partial charge in [-0.2, -0.15) is 0 Å². The maximum absolute atomic E-state index is 13.4. The van der Waals surface area contributed by atoms with Crippen LogP contribution >= 0.6 is 23.2 Å². The first-order valence-electron chi connectivity index (χ1n) is 11.4. The second kappa shape index (κ2) is 12.1. The van der Waals surface area contributed by atoms with Crippen LogP contribution in [0, 0.1) is 0 Å². The molecule has 1 saturated heterocycles. The van der Waals surface area contributed by atoms with Crippen molar-refractivity contribution in [3.8, 4) is 0 Å². The lowest BCUT2D eigenvalue weighted by Crippen LogP contribution is -2.43. The summed E-state index contributed by atoms with van der Waals surface area (Å²) in [5.41, 5.74) is 0.208. The van der Waals surface area contributed by atoms with Crippen LogP contribution in [0.1, 0.15) is 39.0 Å². The third-order valence-corrected chi connectivity index (χ3v) is 8.27. The predicted molar refractivity (Wildman–Crippen MR) is 135 cm³/mol. The number of piperidine rings is 1. The van der Waals surface area contributed by atoms with Gasteiger partial charge >= 0.3 is 0 Å². The number of carbonyl (C=O) groups is 1. The minimum Gasteiger partial charge on any atom is -0.354 e. The Morgan fingerprint density at radius 2 is 1.91 bits per heavy atom. The molecule has 3 rings (SSSR count). The fourth-order valence-corrected chi connectivity index (χ4v) is 6.24. The number of anilines is 1. The van der Waals surface area contributed by atoms with Gasteiger partial charge in [0.05, 0.1) is 15.6 Å². The molecule has 0 aromatic heterocycles. The lowest BCUT2D eigenvalue weighted by Gasteiger charge is -2.35. The highest BCUT2D eigenvalue weighted by Gasteiger charge is 2.28. The third kappa shape index (κ3) is 6.85. The summed E-state index contributed by atoms with van der Waals surface area (Å²) in [6.45, 7) is 4.35. The van der Waals surface area contributed by atoms with Crippen LogP contribution < -0.4 is 9.62 Å². The second-order valence-corrected chi connectivity index (χ2v) is 10.9. The Labute approximate surface area is 206 Å². The molecule has 0 bridgehead atoms. The van der Waals surface area contributed by atoms with Gasteiger partial charge in [-0.25, -0.2) is 8.42 Å². The highest BCUT2D eigenvalue weighted by atomic mass is 35.5. The maximum Gasteiger partial charge on any atom is 0.264 e. The molecule has 33 heavy (non-hydrogen) atoms. The Hall–Kier alpha value is -1.80. The van der Waals surface area contributed by atoms with Gasteiger partial charge in [0.15, 0.2) is 0 Å². The van der Waals surface area contributed by atoms with E-state index in [1.54, 1.807) is 24.3 Å². The van der Waals surface area contributed by atoms with E-state index < -0.39 is 10.0 Å². The normalized spacial score (nSPS) is 17.0. The van der Waals surface area contributed by atoms with Crippen LogP contribution in [0.15, 0.2) is 53.4 Å². The van der Waals surface area contributed by atoms with Gasteiger partial charge in [-0.15, -0.1) is 0 Å². The van der Waals surface area contributed by atoms with Crippen molar-refractivity contribution in [2.24, 2.45) is 0 Å². The molecule has 1 unspecified atom stereocenters. The van der Waals surface area contributed by atoms with Crippen molar-refractivity contribution >= 4 is 44.8 Å². The summed E-state index contributed by atoms with van der Waals surface area (Å²) in [4.78, 5) is 15.3. The number of halogens is 2. The number of benzene rings is 2. The zero-order valence-electron chi connectivity index (χ0n) is 18.8. The van der Waals surface area contributed by atoms with Crippen LogP contribution in [-0.2, 0) is 14.8 Å². The van der Waals surface area contributed by atoms with Crippen molar-refractivity contribution < 1.29 is 13.2 Å². The average Bonchev–Trinajstić information content (AvgIpc) is 2.81. The maximum atomic E-state index is 13.4. The smallest absolute Gasteiger partial charge is 0.264 e. The third-order valence-electron chi connectivity index (χ3n) is 5.96. The van der Waals surface area contributed by atoms with Crippen LogP contribution in [0.3, 0.4) is 0 Å². The molecule has 0 saturated carbocycles. The predicted octanol–water partition coefficient (Wildman–Crippen LogP) is 4.96.